The van der Waals surface area contributed by atoms with Gasteiger partial charge in [-0.15, -0.1) is 0 Å². The first-order valence-electron chi connectivity index (χ1n) is 11.1. The van der Waals surface area contributed by atoms with Gasteiger partial charge < -0.3 is 29.9 Å². The Bertz CT molecular complexity index is 1180. The van der Waals surface area contributed by atoms with Crippen LogP contribution >= 0.6 is 0 Å². The molecule has 0 bridgehead atoms. The van der Waals surface area contributed by atoms with E-state index in [4.69, 9.17) is 9.15 Å². The molecule has 10 heteroatoms. The molecule has 1 atom stereocenters. The summed E-state index contributed by atoms with van der Waals surface area (Å²) < 4.78 is 11.0. The summed E-state index contributed by atoms with van der Waals surface area (Å²) in [5, 5.41) is 15.4. The number of alkyl carbamates (subject to hydrolysis) is 1. The Morgan fingerprint density at radius 3 is 2.74 bits per heavy atom. The zero-order valence-corrected chi connectivity index (χ0v) is 19.5. The van der Waals surface area contributed by atoms with E-state index in [1.165, 1.54) is 6.07 Å². The third-order valence-electron chi connectivity index (χ3n) is 4.90. The number of aromatic amines is 1. The topological polar surface area (TPSA) is 147 Å². The molecule has 4 N–H and O–H groups in total. The third kappa shape index (κ3) is 7.36. The standard InChI is InChI=1S/C24H30N4O6/c1-24(2,3)14-33-23(32)28-18(21(30)31)12-15-6-7-20-17(11-15)19(29)13-16(34-20)5-4-8-25-22-26-9-10-27-22/h6-7,9-11,13,18H,4-5,8,12,14H2,1-3H3,(H,28,32)(H,30,31)(H2,25,26,27)/t18-/m0/s1. The number of anilines is 1. The molecule has 3 rings (SSSR count). The van der Waals surface area contributed by atoms with Gasteiger partial charge in [-0.25, -0.2) is 14.6 Å². The van der Waals surface area contributed by atoms with Crippen LogP contribution in [0.2, 0.25) is 0 Å². The lowest BCUT2D eigenvalue weighted by Crippen LogP contribution is -2.43. The van der Waals surface area contributed by atoms with E-state index in [-0.39, 0.29) is 23.9 Å². The number of aryl methyl sites for hydroxylation is 1. The molecule has 0 saturated carbocycles. The number of hydrogen-bond acceptors (Lipinski definition) is 7. The van der Waals surface area contributed by atoms with Gasteiger partial charge in [0.05, 0.1) is 12.0 Å². The molecule has 0 aliphatic heterocycles. The van der Waals surface area contributed by atoms with Gasteiger partial charge in [0.2, 0.25) is 0 Å². The summed E-state index contributed by atoms with van der Waals surface area (Å²) in [5.74, 6) is 0.0561. The van der Waals surface area contributed by atoms with Crippen LogP contribution in [0.1, 0.15) is 38.5 Å². The zero-order chi connectivity index (χ0) is 24.7. The van der Waals surface area contributed by atoms with Gasteiger partial charge in [-0.1, -0.05) is 26.8 Å². The van der Waals surface area contributed by atoms with Crippen molar-refractivity contribution < 1.29 is 23.8 Å². The van der Waals surface area contributed by atoms with E-state index >= 15 is 0 Å². The van der Waals surface area contributed by atoms with Crippen molar-refractivity contribution in [3.63, 3.8) is 0 Å². The summed E-state index contributed by atoms with van der Waals surface area (Å²) in [6.07, 6.45) is 3.90. The van der Waals surface area contributed by atoms with Crippen molar-refractivity contribution >= 4 is 29.0 Å². The van der Waals surface area contributed by atoms with E-state index in [1.54, 1.807) is 30.6 Å². The molecule has 182 valence electrons. The van der Waals surface area contributed by atoms with Crippen molar-refractivity contribution in [1.29, 1.82) is 0 Å². The Labute approximate surface area is 196 Å². The summed E-state index contributed by atoms with van der Waals surface area (Å²) >= 11 is 0. The number of H-pyrrole nitrogens is 1. The first-order valence-corrected chi connectivity index (χ1v) is 11.1. The SMILES string of the molecule is CC(C)(C)COC(=O)N[C@@H](Cc1ccc2oc(CCCNc3ncc[nH]3)cc(=O)c2c1)C(=O)O. The molecule has 2 aromatic heterocycles. The number of carboxylic acid groups (broad SMARTS) is 1. The number of amides is 1. The smallest absolute Gasteiger partial charge is 0.407 e. The molecule has 1 aromatic carbocycles. The van der Waals surface area contributed by atoms with Gasteiger partial charge in [0.1, 0.15) is 17.4 Å². The molecule has 1 amide bonds. The van der Waals surface area contributed by atoms with Crippen LogP contribution in [-0.4, -0.2) is 46.3 Å². The Hall–Kier alpha value is -3.82. The highest BCUT2D eigenvalue weighted by Crippen LogP contribution is 2.17. The lowest BCUT2D eigenvalue weighted by Gasteiger charge is -2.20. The van der Waals surface area contributed by atoms with E-state index in [0.29, 0.717) is 41.2 Å². The van der Waals surface area contributed by atoms with Crippen LogP contribution in [-0.2, 0) is 22.4 Å². The number of hydrogen-bond donors (Lipinski definition) is 4. The van der Waals surface area contributed by atoms with Crippen LogP contribution < -0.4 is 16.1 Å². The maximum Gasteiger partial charge on any atom is 0.407 e. The molecule has 10 nitrogen and oxygen atoms in total. The summed E-state index contributed by atoms with van der Waals surface area (Å²) in [6.45, 7) is 6.52. The number of rotatable bonds is 10. The summed E-state index contributed by atoms with van der Waals surface area (Å²) in [5.41, 5.74) is 0.562. The molecule has 0 saturated heterocycles. The van der Waals surface area contributed by atoms with Crippen LogP contribution in [0.25, 0.3) is 11.0 Å². The molecule has 0 spiro atoms. The maximum absolute atomic E-state index is 12.7. The van der Waals surface area contributed by atoms with Gasteiger partial charge in [-0.3, -0.25) is 4.79 Å². The largest absolute Gasteiger partial charge is 0.480 e. The minimum Gasteiger partial charge on any atom is -0.480 e. The molecule has 0 aliphatic rings. The predicted octanol–water partition coefficient (Wildman–Crippen LogP) is 3.33. The minimum atomic E-state index is -1.20. The number of imidazole rings is 1. The van der Waals surface area contributed by atoms with E-state index in [9.17, 15) is 19.5 Å². The number of aromatic nitrogens is 2. The number of fused-ring (bicyclic) bond motifs is 1. The Kier molecular flexibility index (Phi) is 7.93. The molecule has 0 unspecified atom stereocenters. The molecule has 0 aliphatic carbocycles. The van der Waals surface area contributed by atoms with Crippen LogP contribution in [0.15, 0.2) is 45.9 Å². The lowest BCUT2D eigenvalue weighted by molar-refractivity contribution is -0.139. The summed E-state index contributed by atoms with van der Waals surface area (Å²) in [7, 11) is 0. The van der Waals surface area contributed by atoms with Gasteiger partial charge in [-0.2, -0.15) is 0 Å². The number of aliphatic carboxylic acids is 1. The van der Waals surface area contributed by atoms with Gasteiger partial charge in [0, 0.05) is 37.8 Å². The second-order valence-corrected chi connectivity index (χ2v) is 9.25. The van der Waals surface area contributed by atoms with E-state index in [1.807, 2.05) is 20.8 Å². The molecule has 0 fully saturated rings. The molecular formula is C24H30N4O6. The fourth-order valence-corrected chi connectivity index (χ4v) is 3.24. The number of carboxylic acids is 1. The van der Waals surface area contributed by atoms with Crippen molar-refractivity contribution in [1.82, 2.24) is 15.3 Å². The Balaban J connectivity index is 1.63. The molecular weight excluding hydrogens is 440 g/mol. The molecule has 34 heavy (non-hydrogen) atoms. The monoisotopic (exact) mass is 470 g/mol. The van der Waals surface area contributed by atoms with Gasteiger partial charge in [0.25, 0.3) is 0 Å². The molecule has 3 aromatic rings. The highest BCUT2D eigenvalue weighted by Gasteiger charge is 2.23. The van der Waals surface area contributed by atoms with Crippen LogP contribution in [0, 0.1) is 5.41 Å². The second kappa shape index (κ2) is 10.9. The normalized spacial score (nSPS) is 12.3. The average Bonchev–Trinajstić information content (AvgIpc) is 3.28. The third-order valence-corrected chi connectivity index (χ3v) is 4.90. The van der Waals surface area contributed by atoms with E-state index in [2.05, 4.69) is 20.6 Å². The number of nitrogens with one attached hydrogen (secondary N) is 3. The Morgan fingerprint density at radius 1 is 1.26 bits per heavy atom. The highest BCUT2D eigenvalue weighted by atomic mass is 16.5. The molecule has 2 heterocycles. The van der Waals surface area contributed by atoms with Crippen LogP contribution in [0.3, 0.4) is 0 Å². The van der Waals surface area contributed by atoms with Gasteiger partial charge in [-0.05, 0) is 29.5 Å². The number of ether oxygens (including phenoxy) is 1. The zero-order valence-electron chi connectivity index (χ0n) is 19.5. The Morgan fingerprint density at radius 2 is 2.06 bits per heavy atom. The highest BCUT2D eigenvalue weighted by molar-refractivity contribution is 5.81. The minimum absolute atomic E-state index is 0.00443. The fraction of sp³-hybridized carbons (Fsp3) is 0.417. The van der Waals surface area contributed by atoms with Crippen molar-refractivity contribution in [2.45, 2.75) is 46.1 Å². The van der Waals surface area contributed by atoms with E-state index < -0.39 is 18.1 Å². The van der Waals surface area contributed by atoms with Crippen molar-refractivity contribution in [2.75, 3.05) is 18.5 Å². The first-order chi connectivity index (χ1) is 16.1. The van der Waals surface area contributed by atoms with Gasteiger partial charge in [0.15, 0.2) is 11.4 Å². The number of nitrogens with zero attached hydrogens (tertiary/aromatic N) is 1. The average molecular weight is 471 g/mol. The van der Waals surface area contributed by atoms with Crippen molar-refractivity contribution in [2.24, 2.45) is 5.41 Å². The molecule has 0 radical (unpaired) electrons. The number of carbonyl (C=O) groups is 2. The number of benzene rings is 1. The van der Waals surface area contributed by atoms with Crippen molar-refractivity contribution in [3.05, 3.63) is 58.2 Å². The summed E-state index contributed by atoms with van der Waals surface area (Å²) in [6, 6.07) is 5.19. The fourth-order valence-electron chi connectivity index (χ4n) is 3.24. The summed E-state index contributed by atoms with van der Waals surface area (Å²) in [4.78, 5) is 43.3. The second-order valence-electron chi connectivity index (χ2n) is 9.25. The quantitative estimate of drug-likeness (QED) is 0.330. The predicted molar refractivity (Wildman–Crippen MR) is 127 cm³/mol. The first kappa shape index (κ1) is 24.8. The van der Waals surface area contributed by atoms with Gasteiger partial charge >= 0.3 is 12.1 Å². The van der Waals surface area contributed by atoms with Crippen molar-refractivity contribution in [3.8, 4) is 0 Å². The van der Waals surface area contributed by atoms with Crippen LogP contribution in [0.4, 0.5) is 10.7 Å². The van der Waals surface area contributed by atoms with Crippen LogP contribution in [0.5, 0.6) is 0 Å². The van der Waals surface area contributed by atoms with E-state index in [0.717, 1.165) is 6.42 Å². The number of carbonyl (C=O) groups excluding carboxylic acids is 1. The lowest BCUT2D eigenvalue weighted by atomic mass is 9.99. The maximum atomic E-state index is 12.7.